The molecule has 1 aromatic heterocycles. The van der Waals surface area contributed by atoms with E-state index >= 15 is 0 Å². The average Bonchev–Trinajstić information content (AvgIpc) is 2.52. The van der Waals surface area contributed by atoms with Gasteiger partial charge in [-0.05, 0) is 31.6 Å². The first-order valence-corrected chi connectivity index (χ1v) is 7.37. The molecule has 2 aromatic rings. The van der Waals surface area contributed by atoms with Crippen LogP contribution in [0.25, 0.3) is 12.2 Å². The lowest BCUT2D eigenvalue weighted by atomic mass is 10.1. The molecule has 0 unspecified atom stereocenters. The standard InChI is InChI=1S/C16H17N3O5/c1-3-10(2)24-13-7-5-4-6-11(13)8-9-12-14(19(22)23)15(20)18-16(21)17-12/h4-10H,3H2,1-2H3,(H2,17,18,20,21)/b9-8-/t10-/m0/s1. The van der Waals surface area contributed by atoms with Crippen molar-refractivity contribution < 1.29 is 9.66 Å². The third-order valence-electron chi connectivity index (χ3n) is 3.38. The van der Waals surface area contributed by atoms with Gasteiger partial charge in [0.2, 0.25) is 0 Å². The van der Waals surface area contributed by atoms with Crippen molar-refractivity contribution in [2.45, 2.75) is 26.4 Å². The molecule has 0 saturated heterocycles. The molecular formula is C16H17N3O5. The Balaban J connectivity index is 2.44. The summed E-state index contributed by atoms with van der Waals surface area (Å²) < 4.78 is 5.78. The maximum Gasteiger partial charge on any atom is 0.357 e. The van der Waals surface area contributed by atoms with Crippen LogP contribution in [0.5, 0.6) is 5.75 Å². The lowest BCUT2D eigenvalue weighted by Gasteiger charge is -2.14. The van der Waals surface area contributed by atoms with Crippen LogP contribution in [-0.4, -0.2) is 21.0 Å². The van der Waals surface area contributed by atoms with Crippen LogP contribution < -0.4 is 16.0 Å². The van der Waals surface area contributed by atoms with Crippen LogP contribution in [0.2, 0.25) is 0 Å². The number of ether oxygens (including phenoxy) is 1. The quantitative estimate of drug-likeness (QED) is 0.622. The van der Waals surface area contributed by atoms with E-state index < -0.39 is 21.9 Å². The van der Waals surface area contributed by atoms with Gasteiger partial charge in [0, 0.05) is 5.56 Å². The first kappa shape index (κ1) is 17.2. The molecule has 8 nitrogen and oxygen atoms in total. The first-order valence-electron chi connectivity index (χ1n) is 7.37. The second-order valence-electron chi connectivity index (χ2n) is 5.14. The second kappa shape index (κ2) is 7.40. The van der Waals surface area contributed by atoms with Gasteiger partial charge in [0.05, 0.1) is 11.0 Å². The number of H-pyrrole nitrogens is 2. The normalized spacial score (nSPS) is 12.2. The van der Waals surface area contributed by atoms with Gasteiger partial charge < -0.3 is 9.72 Å². The number of hydrogen-bond donors (Lipinski definition) is 2. The third kappa shape index (κ3) is 3.97. The Kier molecular flexibility index (Phi) is 5.31. The van der Waals surface area contributed by atoms with Gasteiger partial charge in [-0.15, -0.1) is 0 Å². The van der Waals surface area contributed by atoms with E-state index in [1.165, 1.54) is 6.08 Å². The molecule has 2 N–H and O–H groups in total. The molecule has 0 aliphatic carbocycles. The number of nitrogens with zero attached hydrogens (tertiary/aromatic N) is 1. The minimum Gasteiger partial charge on any atom is -0.490 e. The van der Waals surface area contributed by atoms with E-state index in [1.807, 2.05) is 24.9 Å². The minimum atomic E-state index is -1.05. The monoisotopic (exact) mass is 331 g/mol. The van der Waals surface area contributed by atoms with Gasteiger partial charge in [-0.2, -0.15) is 0 Å². The zero-order chi connectivity index (χ0) is 17.7. The third-order valence-corrected chi connectivity index (χ3v) is 3.38. The Labute approximate surface area is 137 Å². The van der Waals surface area contributed by atoms with Crippen molar-refractivity contribution in [3.63, 3.8) is 0 Å². The fourth-order valence-electron chi connectivity index (χ4n) is 2.00. The molecule has 1 aromatic carbocycles. The zero-order valence-corrected chi connectivity index (χ0v) is 13.2. The lowest BCUT2D eigenvalue weighted by molar-refractivity contribution is -0.386. The van der Waals surface area contributed by atoms with Crippen molar-refractivity contribution >= 4 is 17.8 Å². The van der Waals surface area contributed by atoms with E-state index in [1.54, 1.807) is 24.3 Å². The first-order chi connectivity index (χ1) is 11.4. The molecule has 0 saturated carbocycles. The number of rotatable bonds is 6. The van der Waals surface area contributed by atoms with Crippen LogP contribution >= 0.6 is 0 Å². The number of aromatic amines is 2. The van der Waals surface area contributed by atoms with E-state index in [0.717, 1.165) is 6.42 Å². The van der Waals surface area contributed by atoms with E-state index in [0.29, 0.717) is 11.3 Å². The second-order valence-corrected chi connectivity index (χ2v) is 5.14. The van der Waals surface area contributed by atoms with Crippen molar-refractivity contribution in [2.24, 2.45) is 0 Å². The summed E-state index contributed by atoms with van der Waals surface area (Å²) in [6.07, 6.45) is 3.70. The fraction of sp³-hybridized carbons (Fsp3) is 0.250. The largest absolute Gasteiger partial charge is 0.490 e. The Morgan fingerprint density at radius 1 is 1.25 bits per heavy atom. The molecule has 24 heavy (non-hydrogen) atoms. The predicted molar refractivity (Wildman–Crippen MR) is 90.1 cm³/mol. The number of nitrogens with one attached hydrogen (secondary N) is 2. The van der Waals surface area contributed by atoms with Gasteiger partial charge in [0.1, 0.15) is 11.4 Å². The highest BCUT2D eigenvalue weighted by Crippen LogP contribution is 2.23. The highest BCUT2D eigenvalue weighted by Gasteiger charge is 2.18. The molecular weight excluding hydrogens is 314 g/mol. The highest BCUT2D eigenvalue weighted by molar-refractivity contribution is 5.74. The van der Waals surface area contributed by atoms with E-state index in [-0.39, 0.29) is 11.8 Å². The molecule has 1 heterocycles. The summed E-state index contributed by atoms with van der Waals surface area (Å²) in [6, 6.07) is 7.15. The lowest BCUT2D eigenvalue weighted by Crippen LogP contribution is -2.25. The molecule has 0 aliphatic rings. The smallest absolute Gasteiger partial charge is 0.357 e. The molecule has 0 radical (unpaired) electrons. The Bertz CT molecular complexity index is 882. The maximum absolute atomic E-state index is 11.6. The summed E-state index contributed by atoms with van der Waals surface area (Å²) in [5, 5.41) is 11.0. The number of para-hydroxylation sites is 1. The van der Waals surface area contributed by atoms with Crippen LogP contribution in [0.1, 0.15) is 31.5 Å². The van der Waals surface area contributed by atoms with Gasteiger partial charge in [0.25, 0.3) is 0 Å². The molecule has 0 fully saturated rings. The topological polar surface area (TPSA) is 118 Å². The van der Waals surface area contributed by atoms with Crippen LogP contribution in [0.3, 0.4) is 0 Å². The number of aromatic nitrogens is 2. The number of hydrogen-bond acceptors (Lipinski definition) is 5. The number of benzene rings is 1. The summed E-state index contributed by atoms with van der Waals surface area (Å²) >= 11 is 0. The van der Waals surface area contributed by atoms with Crippen LogP contribution in [0.4, 0.5) is 5.69 Å². The number of nitro groups is 1. The summed E-state index contributed by atoms with van der Waals surface area (Å²) in [7, 11) is 0. The molecule has 126 valence electrons. The predicted octanol–water partition coefficient (Wildman–Crippen LogP) is 2.32. The maximum atomic E-state index is 11.6. The van der Waals surface area contributed by atoms with E-state index in [9.17, 15) is 19.7 Å². The van der Waals surface area contributed by atoms with Crippen LogP contribution in [0.15, 0.2) is 33.9 Å². The summed E-state index contributed by atoms with van der Waals surface area (Å²) in [6.45, 7) is 3.92. The van der Waals surface area contributed by atoms with Gasteiger partial charge in [-0.3, -0.25) is 19.9 Å². The van der Waals surface area contributed by atoms with Crippen molar-refractivity contribution in [1.82, 2.24) is 9.97 Å². The van der Waals surface area contributed by atoms with Gasteiger partial charge in [-0.1, -0.05) is 25.1 Å². The van der Waals surface area contributed by atoms with E-state index in [4.69, 9.17) is 4.74 Å². The molecule has 0 amide bonds. The SMILES string of the molecule is CC[C@H](C)Oc1ccccc1/C=C\c1[nH]c(=O)[nH]c(=O)c1[N+](=O)[O-]. The van der Waals surface area contributed by atoms with Crippen molar-refractivity contribution in [3.8, 4) is 5.75 Å². The van der Waals surface area contributed by atoms with Crippen LogP contribution in [-0.2, 0) is 0 Å². The zero-order valence-electron chi connectivity index (χ0n) is 13.2. The molecule has 0 bridgehead atoms. The van der Waals surface area contributed by atoms with Crippen LogP contribution in [0, 0.1) is 10.1 Å². The summed E-state index contributed by atoms with van der Waals surface area (Å²) in [5.74, 6) is 0.609. The molecule has 1 atom stereocenters. The Morgan fingerprint density at radius 2 is 1.96 bits per heavy atom. The fourth-order valence-corrected chi connectivity index (χ4v) is 2.00. The Morgan fingerprint density at radius 3 is 2.62 bits per heavy atom. The van der Waals surface area contributed by atoms with Gasteiger partial charge in [0.15, 0.2) is 0 Å². The summed E-state index contributed by atoms with van der Waals surface area (Å²) in [4.78, 5) is 37.2. The van der Waals surface area contributed by atoms with Crippen molar-refractivity contribution in [2.75, 3.05) is 0 Å². The van der Waals surface area contributed by atoms with Crippen molar-refractivity contribution in [1.29, 1.82) is 0 Å². The molecule has 0 aliphatic heterocycles. The summed E-state index contributed by atoms with van der Waals surface area (Å²) in [5.41, 5.74) is -2.08. The molecule has 8 heteroatoms. The minimum absolute atomic E-state index is 0.00765. The van der Waals surface area contributed by atoms with Crippen molar-refractivity contribution in [3.05, 3.63) is 66.5 Å². The average molecular weight is 331 g/mol. The Hall–Kier alpha value is -3.16. The molecule has 0 spiro atoms. The van der Waals surface area contributed by atoms with E-state index in [2.05, 4.69) is 4.98 Å². The highest BCUT2D eigenvalue weighted by atomic mass is 16.6. The van der Waals surface area contributed by atoms with Gasteiger partial charge in [-0.25, -0.2) is 4.79 Å². The van der Waals surface area contributed by atoms with Gasteiger partial charge >= 0.3 is 16.9 Å². The molecule has 2 rings (SSSR count).